The minimum atomic E-state index is 0.936. The molecular formula is C40H27N3. The Bertz CT molecular complexity index is 2210. The van der Waals surface area contributed by atoms with E-state index >= 15 is 0 Å². The number of pyridine rings is 2. The highest BCUT2D eigenvalue weighted by Crippen LogP contribution is 2.37. The minimum absolute atomic E-state index is 0.936. The zero-order valence-electron chi connectivity index (χ0n) is 23.4. The molecular weight excluding hydrogens is 522 g/mol. The van der Waals surface area contributed by atoms with Crippen LogP contribution in [0.4, 0.5) is 0 Å². The second-order valence-corrected chi connectivity index (χ2v) is 10.8. The topological polar surface area (TPSA) is 30.2 Å². The second-order valence-electron chi connectivity index (χ2n) is 10.8. The fraction of sp³-hybridized carbons (Fsp3) is 0. The standard InChI is InChI=1S/C40H27N3/c1-2-9-31(10-3-1)39-40(43-23-7-6-12-38(43)42-39)32-16-13-29(14-17-32)35-25-36(30-19-21-41-22-20-30)27-37(26-35)34-18-15-28-8-4-5-11-33(28)24-34/h1-27H. The maximum absolute atomic E-state index is 5.01. The molecule has 3 nitrogen and oxygen atoms in total. The Kier molecular flexibility index (Phi) is 6.12. The molecule has 0 saturated carbocycles. The number of hydrogen-bond donors (Lipinski definition) is 0. The first kappa shape index (κ1) is 25.0. The van der Waals surface area contributed by atoms with Gasteiger partial charge in [-0.25, -0.2) is 4.98 Å². The first-order valence-electron chi connectivity index (χ1n) is 14.5. The number of fused-ring (bicyclic) bond motifs is 2. The van der Waals surface area contributed by atoms with Crippen molar-refractivity contribution in [3.63, 3.8) is 0 Å². The molecule has 0 fully saturated rings. The van der Waals surface area contributed by atoms with Crippen LogP contribution < -0.4 is 0 Å². The zero-order chi connectivity index (χ0) is 28.6. The SMILES string of the molecule is c1ccc(-c2nc3ccccn3c2-c2ccc(-c3cc(-c4ccncc4)cc(-c4ccc5ccccc5c4)c3)cc2)cc1. The van der Waals surface area contributed by atoms with Crippen molar-refractivity contribution < 1.29 is 0 Å². The summed E-state index contributed by atoms with van der Waals surface area (Å²) in [7, 11) is 0. The van der Waals surface area contributed by atoms with Crippen molar-refractivity contribution >= 4 is 16.4 Å². The van der Waals surface area contributed by atoms with E-state index in [1.165, 1.54) is 33.0 Å². The molecule has 202 valence electrons. The predicted molar refractivity (Wildman–Crippen MR) is 178 cm³/mol. The van der Waals surface area contributed by atoms with Crippen molar-refractivity contribution in [1.29, 1.82) is 0 Å². The Labute approximate surface area is 250 Å². The van der Waals surface area contributed by atoms with Crippen LogP contribution >= 0.6 is 0 Å². The summed E-state index contributed by atoms with van der Waals surface area (Å²) in [6.07, 6.45) is 5.80. The molecule has 5 aromatic carbocycles. The van der Waals surface area contributed by atoms with Gasteiger partial charge in [0.05, 0.1) is 11.4 Å². The van der Waals surface area contributed by atoms with E-state index in [4.69, 9.17) is 4.98 Å². The smallest absolute Gasteiger partial charge is 0.137 e. The van der Waals surface area contributed by atoms with E-state index in [0.717, 1.165) is 39.3 Å². The van der Waals surface area contributed by atoms with Gasteiger partial charge < -0.3 is 0 Å². The third kappa shape index (κ3) is 4.67. The summed E-state index contributed by atoms with van der Waals surface area (Å²) in [4.78, 5) is 9.25. The number of rotatable bonds is 5. The van der Waals surface area contributed by atoms with Crippen LogP contribution in [0.1, 0.15) is 0 Å². The van der Waals surface area contributed by atoms with Crippen LogP contribution in [0.25, 0.3) is 72.3 Å². The highest BCUT2D eigenvalue weighted by atomic mass is 15.0. The molecule has 3 aromatic heterocycles. The molecule has 0 radical (unpaired) electrons. The van der Waals surface area contributed by atoms with Crippen molar-refractivity contribution in [2.24, 2.45) is 0 Å². The van der Waals surface area contributed by atoms with E-state index in [2.05, 4.69) is 149 Å². The molecule has 0 aliphatic rings. The monoisotopic (exact) mass is 549 g/mol. The van der Waals surface area contributed by atoms with E-state index in [0.29, 0.717) is 0 Å². The Hall–Kier alpha value is -5.80. The fourth-order valence-corrected chi connectivity index (χ4v) is 5.93. The summed E-state index contributed by atoms with van der Waals surface area (Å²) < 4.78 is 2.18. The molecule has 3 heteroatoms. The van der Waals surface area contributed by atoms with Crippen LogP contribution in [-0.4, -0.2) is 14.4 Å². The number of nitrogens with zero attached hydrogens (tertiary/aromatic N) is 3. The predicted octanol–water partition coefficient (Wildman–Crippen LogP) is 10.2. The number of benzene rings is 5. The summed E-state index contributed by atoms with van der Waals surface area (Å²) in [5, 5.41) is 2.48. The largest absolute Gasteiger partial charge is 0.299 e. The van der Waals surface area contributed by atoms with Gasteiger partial charge in [0.15, 0.2) is 0 Å². The summed E-state index contributed by atoms with van der Waals surface area (Å²) in [5.41, 5.74) is 12.3. The maximum Gasteiger partial charge on any atom is 0.137 e. The van der Waals surface area contributed by atoms with Crippen molar-refractivity contribution in [2.75, 3.05) is 0 Å². The van der Waals surface area contributed by atoms with Gasteiger partial charge in [0, 0.05) is 29.7 Å². The summed E-state index contributed by atoms with van der Waals surface area (Å²) in [6.45, 7) is 0. The number of hydrogen-bond acceptors (Lipinski definition) is 2. The molecule has 0 bridgehead atoms. The molecule has 43 heavy (non-hydrogen) atoms. The quantitative estimate of drug-likeness (QED) is 0.214. The highest BCUT2D eigenvalue weighted by molar-refractivity contribution is 5.90. The highest BCUT2D eigenvalue weighted by Gasteiger charge is 2.16. The molecule has 3 heterocycles. The lowest BCUT2D eigenvalue weighted by atomic mass is 9.92. The van der Waals surface area contributed by atoms with E-state index in [-0.39, 0.29) is 0 Å². The average molecular weight is 550 g/mol. The van der Waals surface area contributed by atoms with Gasteiger partial charge in [0.25, 0.3) is 0 Å². The van der Waals surface area contributed by atoms with E-state index in [9.17, 15) is 0 Å². The van der Waals surface area contributed by atoms with Crippen molar-refractivity contribution in [3.05, 3.63) is 164 Å². The Balaban J connectivity index is 1.25. The lowest BCUT2D eigenvalue weighted by molar-refractivity contribution is 1.19. The van der Waals surface area contributed by atoms with Gasteiger partial charge in [-0.2, -0.15) is 0 Å². The Morgan fingerprint density at radius 2 is 1.00 bits per heavy atom. The summed E-state index contributed by atoms with van der Waals surface area (Å²) in [5.74, 6) is 0. The van der Waals surface area contributed by atoms with Crippen LogP contribution in [0.3, 0.4) is 0 Å². The van der Waals surface area contributed by atoms with Gasteiger partial charge in [-0.15, -0.1) is 0 Å². The molecule has 0 unspecified atom stereocenters. The molecule has 0 spiro atoms. The average Bonchev–Trinajstić information content (AvgIpc) is 3.48. The minimum Gasteiger partial charge on any atom is -0.299 e. The maximum atomic E-state index is 5.01. The number of imidazole rings is 1. The van der Waals surface area contributed by atoms with Crippen LogP contribution in [0, 0.1) is 0 Å². The zero-order valence-corrected chi connectivity index (χ0v) is 23.4. The van der Waals surface area contributed by atoms with Crippen molar-refractivity contribution in [2.45, 2.75) is 0 Å². The van der Waals surface area contributed by atoms with Crippen LogP contribution in [0.2, 0.25) is 0 Å². The van der Waals surface area contributed by atoms with Crippen LogP contribution in [0.15, 0.2) is 164 Å². The molecule has 0 atom stereocenters. The first-order chi connectivity index (χ1) is 21.3. The van der Waals surface area contributed by atoms with E-state index in [1.807, 2.05) is 24.5 Å². The lowest BCUT2D eigenvalue weighted by Gasteiger charge is -2.13. The molecule has 0 saturated heterocycles. The molecule has 8 aromatic rings. The third-order valence-corrected chi connectivity index (χ3v) is 8.10. The summed E-state index contributed by atoms with van der Waals surface area (Å²) >= 11 is 0. The Morgan fingerprint density at radius 1 is 0.395 bits per heavy atom. The molecule has 0 aliphatic carbocycles. The normalized spacial score (nSPS) is 11.3. The van der Waals surface area contributed by atoms with Gasteiger partial charge in [-0.05, 0) is 92.7 Å². The molecule has 0 aliphatic heterocycles. The molecule has 0 amide bonds. The van der Waals surface area contributed by atoms with Crippen molar-refractivity contribution in [1.82, 2.24) is 14.4 Å². The van der Waals surface area contributed by atoms with Gasteiger partial charge >= 0.3 is 0 Å². The Morgan fingerprint density at radius 3 is 1.77 bits per heavy atom. The second kappa shape index (κ2) is 10.6. The molecule has 0 N–H and O–H groups in total. The third-order valence-electron chi connectivity index (χ3n) is 8.10. The summed E-state index contributed by atoms with van der Waals surface area (Å²) in [6, 6.07) is 51.7. The van der Waals surface area contributed by atoms with Gasteiger partial charge in [-0.1, -0.05) is 97.1 Å². The van der Waals surface area contributed by atoms with Crippen LogP contribution in [-0.2, 0) is 0 Å². The first-order valence-corrected chi connectivity index (χ1v) is 14.5. The van der Waals surface area contributed by atoms with Gasteiger partial charge in [-0.3, -0.25) is 9.38 Å². The lowest BCUT2D eigenvalue weighted by Crippen LogP contribution is -1.90. The van der Waals surface area contributed by atoms with Crippen LogP contribution in [0.5, 0.6) is 0 Å². The fourth-order valence-electron chi connectivity index (χ4n) is 5.93. The van der Waals surface area contributed by atoms with E-state index in [1.54, 1.807) is 0 Å². The van der Waals surface area contributed by atoms with E-state index < -0.39 is 0 Å². The van der Waals surface area contributed by atoms with Gasteiger partial charge in [0.1, 0.15) is 5.65 Å². The van der Waals surface area contributed by atoms with Crippen molar-refractivity contribution in [3.8, 4) is 55.9 Å². The number of aromatic nitrogens is 3. The molecule has 8 rings (SSSR count). The van der Waals surface area contributed by atoms with Gasteiger partial charge in [0.2, 0.25) is 0 Å².